The lowest BCUT2D eigenvalue weighted by Gasteiger charge is -2.40. The van der Waals surface area contributed by atoms with Crippen LogP contribution in [-0.4, -0.2) is 110 Å². The van der Waals surface area contributed by atoms with Crippen molar-refractivity contribution in [2.45, 2.75) is 364 Å². The molecule has 0 spiro atoms. The Morgan fingerprint density at radius 1 is 0.437 bits per heavy atom. The average molecular weight is 1010 g/mol. The first kappa shape index (κ1) is 68.1. The molecule has 9 atom stereocenters. The van der Waals surface area contributed by atoms with Gasteiger partial charge >= 0.3 is 0 Å². The summed E-state index contributed by atoms with van der Waals surface area (Å²) in [4.78, 5) is 13.2. The number of unbranched alkanes of at least 4 members (excludes halogenated alkanes) is 42. The molecule has 1 saturated heterocycles. The molecule has 1 heterocycles. The Morgan fingerprint density at radius 2 is 0.732 bits per heavy atom. The minimum Gasteiger partial charge on any atom is -0.394 e. The Labute approximate surface area is 437 Å². The molecule has 0 aromatic carbocycles. The lowest BCUT2D eigenvalue weighted by atomic mass is 9.98. The molecule has 1 aliphatic heterocycles. The highest BCUT2D eigenvalue weighted by Gasteiger charge is 2.44. The van der Waals surface area contributed by atoms with Crippen molar-refractivity contribution >= 4 is 5.91 Å². The topological polar surface area (TPSA) is 189 Å². The SMILES string of the molecule is CCCCCCCCCCCCCCCCCCCCCCCCCCCCC(O)C(O)C(COC1OC(CO)C(O)C(O)C1O)NC(=O)C(O)CCCCCCCCCCCCCCCCCCCC. The third-order valence-corrected chi connectivity index (χ3v) is 15.4. The summed E-state index contributed by atoms with van der Waals surface area (Å²) < 4.78 is 11.2. The summed E-state index contributed by atoms with van der Waals surface area (Å²) >= 11 is 0. The van der Waals surface area contributed by atoms with Gasteiger partial charge in [0.2, 0.25) is 5.91 Å². The van der Waals surface area contributed by atoms with Crippen molar-refractivity contribution in [3.63, 3.8) is 0 Å². The van der Waals surface area contributed by atoms with Crippen molar-refractivity contribution < 1.29 is 50.0 Å². The van der Waals surface area contributed by atoms with Gasteiger partial charge in [-0.25, -0.2) is 0 Å². The van der Waals surface area contributed by atoms with Crippen LogP contribution in [0.5, 0.6) is 0 Å². The van der Waals surface area contributed by atoms with Crippen LogP contribution in [0.4, 0.5) is 0 Å². The quantitative estimate of drug-likeness (QED) is 0.0272. The summed E-state index contributed by atoms with van der Waals surface area (Å²) in [5, 5.41) is 76.3. The lowest BCUT2D eigenvalue weighted by Crippen LogP contribution is -2.60. The van der Waals surface area contributed by atoms with Crippen LogP contribution < -0.4 is 5.32 Å². The van der Waals surface area contributed by atoms with E-state index in [4.69, 9.17) is 9.47 Å². The van der Waals surface area contributed by atoms with E-state index in [2.05, 4.69) is 19.2 Å². The molecule has 0 aliphatic carbocycles. The number of hydrogen-bond donors (Lipinski definition) is 8. The van der Waals surface area contributed by atoms with Crippen molar-refractivity contribution in [1.82, 2.24) is 5.32 Å². The lowest BCUT2D eigenvalue weighted by molar-refractivity contribution is -0.303. The van der Waals surface area contributed by atoms with Crippen LogP contribution in [0.3, 0.4) is 0 Å². The van der Waals surface area contributed by atoms with E-state index in [9.17, 15) is 40.5 Å². The molecule has 1 fully saturated rings. The summed E-state index contributed by atoms with van der Waals surface area (Å²) in [6.07, 6.45) is 45.9. The van der Waals surface area contributed by atoms with Gasteiger partial charge in [-0.05, 0) is 12.8 Å². The summed E-state index contributed by atoms with van der Waals surface area (Å²) in [5.41, 5.74) is 0. The highest BCUT2D eigenvalue weighted by Crippen LogP contribution is 2.24. The Bertz CT molecular complexity index is 1120. The molecule has 1 rings (SSSR count). The summed E-state index contributed by atoms with van der Waals surface area (Å²) in [6, 6.07) is -1.16. The largest absolute Gasteiger partial charge is 0.394 e. The monoisotopic (exact) mass is 1010 g/mol. The van der Waals surface area contributed by atoms with Gasteiger partial charge in [0.15, 0.2) is 6.29 Å². The normalized spacial score (nSPS) is 20.0. The van der Waals surface area contributed by atoms with Crippen LogP contribution in [-0.2, 0) is 14.3 Å². The summed E-state index contributed by atoms with van der Waals surface area (Å²) in [7, 11) is 0. The Hall–Kier alpha value is -0.890. The number of amides is 1. The zero-order valence-electron chi connectivity index (χ0n) is 46.5. The number of aliphatic hydroxyl groups excluding tert-OH is 7. The predicted molar refractivity (Wildman–Crippen MR) is 293 cm³/mol. The van der Waals surface area contributed by atoms with E-state index in [0.29, 0.717) is 19.3 Å². The van der Waals surface area contributed by atoms with E-state index in [1.165, 1.54) is 231 Å². The summed E-state index contributed by atoms with van der Waals surface area (Å²) in [5.74, 6) is -0.689. The predicted octanol–water partition coefficient (Wildman–Crippen LogP) is 13.4. The maximum Gasteiger partial charge on any atom is 0.249 e. The van der Waals surface area contributed by atoms with Crippen LogP contribution in [0, 0.1) is 0 Å². The number of nitrogens with one attached hydrogen (secondary N) is 1. The number of rotatable bonds is 54. The number of carbonyl (C=O) groups is 1. The van der Waals surface area contributed by atoms with Gasteiger partial charge in [-0.1, -0.05) is 296 Å². The second-order valence-corrected chi connectivity index (χ2v) is 22.1. The van der Waals surface area contributed by atoms with Gasteiger partial charge in [0.05, 0.1) is 25.4 Å². The average Bonchev–Trinajstić information content (AvgIpc) is 3.37. The molecule has 0 radical (unpaired) electrons. The van der Waals surface area contributed by atoms with Gasteiger partial charge in [-0.15, -0.1) is 0 Å². The number of ether oxygens (including phenoxy) is 2. The number of carbonyl (C=O) groups excluding carboxylic acids is 1. The Kier molecular flexibility index (Phi) is 47.9. The van der Waals surface area contributed by atoms with Crippen molar-refractivity contribution in [2.75, 3.05) is 13.2 Å². The van der Waals surface area contributed by atoms with E-state index >= 15 is 0 Å². The molecule has 424 valence electrons. The van der Waals surface area contributed by atoms with Crippen LogP contribution in [0.25, 0.3) is 0 Å². The van der Waals surface area contributed by atoms with Gasteiger partial charge in [0, 0.05) is 0 Å². The molecule has 11 nitrogen and oxygen atoms in total. The zero-order chi connectivity index (χ0) is 51.8. The molecule has 71 heavy (non-hydrogen) atoms. The molecule has 8 N–H and O–H groups in total. The maximum atomic E-state index is 13.2. The molecule has 11 heteroatoms. The minimum absolute atomic E-state index is 0.267. The summed E-state index contributed by atoms with van der Waals surface area (Å²) in [6.45, 7) is 3.51. The fourth-order valence-electron chi connectivity index (χ4n) is 10.4. The van der Waals surface area contributed by atoms with E-state index in [0.717, 1.165) is 38.5 Å². The minimum atomic E-state index is -1.66. The van der Waals surface area contributed by atoms with Gasteiger partial charge in [0.25, 0.3) is 0 Å². The van der Waals surface area contributed by atoms with Crippen molar-refractivity contribution in [1.29, 1.82) is 0 Å². The van der Waals surface area contributed by atoms with E-state index in [-0.39, 0.29) is 6.42 Å². The van der Waals surface area contributed by atoms with Crippen LogP contribution in [0.2, 0.25) is 0 Å². The van der Waals surface area contributed by atoms with Crippen molar-refractivity contribution in [2.24, 2.45) is 0 Å². The van der Waals surface area contributed by atoms with Gasteiger partial charge < -0.3 is 50.5 Å². The number of hydrogen-bond acceptors (Lipinski definition) is 10. The molecule has 0 aromatic heterocycles. The smallest absolute Gasteiger partial charge is 0.249 e. The standard InChI is InChI=1S/C60H119NO10/c1-3-5-7-9-11-13-15-17-19-21-23-24-25-26-27-28-29-30-32-33-35-37-39-41-43-45-47-52(63)55(65)51(50-70-60-58(68)57(67)56(66)54(49-62)71-60)61-59(69)53(64)48-46-44-42-40-38-36-34-31-22-20-18-16-14-12-10-8-6-4-2/h51-58,60,62-68H,3-50H2,1-2H3,(H,61,69). The molecule has 1 aliphatic rings. The fourth-order valence-corrected chi connectivity index (χ4v) is 10.4. The molecular weight excluding hydrogens is 895 g/mol. The zero-order valence-corrected chi connectivity index (χ0v) is 46.5. The van der Waals surface area contributed by atoms with Crippen LogP contribution in [0.1, 0.15) is 309 Å². The third kappa shape index (κ3) is 38.3. The van der Waals surface area contributed by atoms with Crippen LogP contribution >= 0.6 is 0 Å². The molecule has 0 bridgehead atoms. The van der Waals surface area contributed by atoms with Crippen LogP contribution in [0.15, 0.2) is 0 Å². The van der Waals surface area contributed by atoms with E-state index < -0.39 is 74.2 Å². The fraction of sp³-hybridized carbons (Fsp3) is 0.983. The molecule has 9 unspecified atom stereocenters. The van der Waals surface area contributed by atoms with Crippen molar-refractivity contribution in [3.8, 4) is 0 Å². The highest BCUT2D eigenvalue weighted by molar-refractivity contribution is 5.80. The maximum absolute atomic E-state index is 13.2. The second-order valence-electron chi connectivity index (χ2n) is 22.1. The van der Waals surface area contributed by atoms with Gasteiger partial charge in [0.1, 0.15) is 36.6 Å². The Morgan fingerprint density at radius 3 is 1.04 bits per heavy atom. The molecule has 0 aromatic rings. The van der Waals surface area contributed by atoms with Crippen molar-refractivity contribution in [3.05, 3.63) is 0 Å². The highest BCUT2D eigenvalue weighted by atomic mass is 16.7. The number of aliphatic hydroxyl groups is 7. The second kappa shape index (κ2) is 50.0. The first-order chi connectivity index (χ1) is 34.7. The van der Waals surface area contributed by atoms with E-state index in [1.807, 2.05) is 0 Å². The molecule has 1 amide bonds. The first-order valence-electron chi connectivity index (χ1n) is 30.9. The van der Waals surface area contributed by atoms with Gasteiger partial charge in [-0.3, -0.25) is 4.79 Å². The molecule has 0 saturated carbocycles. The molecular formula is C60H119NO10. The first-order valence-corrected chi connectivity index (χ1v) is 30.9. The van der Waals surface area contributed by atoms with Gasteiger partial charge in [-0.2, -0.15) is 0 Å². The van der Waals surface area contributed by atoms with E-state index in [1.54, 1.807) is 0 Å². The Balaban J connectivity index is 2.25. The third-order valence-electron chi connectivity index (χ3n) is 15.4.